The molecule has 0 saturated carbocycles. The van der Waals surface area contributed by atoms with Crippen LogP contribution in [0.25, 0.3) is 0 Å². The van der Waals surface area contributed by atoms with Crippen molar-refractivity contribution >= 4 is 17.2 Å². The Morgan fingerprint density at radius 1 is 0.531 bits per heavy atom. The van der Waals surface area contributed by atoms with Gasteiger partial charge in [-0.25, -0.2) is 0 Å². The number of Topliss-reactive ketones (excluding diaryl/α,β-unsaturated/α-hetero) is 1. The Kier molecular flexibility index (Phi) is 22.0. The molecule has 4 aromatic carbocycles. The minimum atomic E-state index is -0.933. The third kappa shape index (κ3) is 16.5. The molecule has 0 bridgehead atoms. The zero-order chi connectivity index (χ0) is 46.3. The SMILES string of the molecule is CCCCN(CCCC)CCCOc1ccc(C(Cc2cc([N+](=O)[O-])ccc2O)C(=O)C(Cc2cc([N+](=O)[O-])ccc2O)c2ccc(OCCCN(CCCC)CCCC)cc2)cc1. The van der Waals surface area contributed by atoms with E-state index in [4.69, 9.17) is 9.47 Å². The second-order valence-electron chi connectivity index (χ2n) is 16.7. The third-order valence-corrected chi connectivity index (χ3v) is 11.7. The van der Waals surface area contributed by atoms with Crippen molar-refractivity contribution in [2.24, 2.45) is 0 Å². The molecule has 0 aliphatic rings. The molecule has 0 aliphatic carbocycles. The zero-order valence-corrected chi connectivity index (χ0v) is 38.4. The van der Waals surface area contributed by atoms with Gasteiger partial charge in [-0.1, -0.05) is 77.6 Å². The average molecular weight is 883 g/mol. The summed E-state index contributed by atoms with van der Waals surface area (Å²) in [6.07, 6.45) is 10.8. The summed E-state index contributed by atoms with van der Waals surface area (Å²) in [6.45, 7) is 16.0. The van der Waals surface area contributed by atoms with Crippen LogP contribution in [0.2, 0.25) is 0 Å². The molecule has 0 aromatic heterocycles. The number of ether oxygens (including phenoxy) is 2. The molecule has 0 radical (unpaired) electrons. The van der Waals surface area contributed by atoms with Gasteiger partial charge in [-0.2, -0.15) is 0 Å². The molecule has 348 valence electrons. The highest BCUT2D eigenvalue weighted by Crippen LogP contribution is 2.38. The van der Waals surface area contributed by atoms with Crippen molar-refractivity contribution in [3.8, 4) is 23.0 Å². The lowest BCUT2D eigenvalue weighted by Gasteiger charge is -2.25. The van der Waals surface area contributed by atoms with Crippen LogP contribution in [0.4, 0.5) is 11.4 Å². The Balaban J connectivity index is 1.64. The Hall–Kier alpha value is -5.53. The van der Waals surface area contributed by atoms with Crippen LogP contribution in [0, 0.1) is 20.2 Å². The first-order chi connectivity index (χ1) is 31.0. The number of phenolic OH excluding ortho intramolecular Hbond substituents is 2. The molecule has 64 heavy (non-hydrogen) atoms. The van der Waals surface area contributed by atoms with Crippen molar-refractivity contribution in [3.05, 3.63) is 127 Å². The lowest BCUT2D eigenvalue weighted by Crippen LogP contribution is -2.28. The number of benzene rings is 4. The minimum absolute atomic E-state index is 0.0793. The number of nitrogens with zero attached hydrogens (tertiary/aromatic N) is 4. The summed E-state index contributed by atoms with van der Waals surface area (Å²) in [5.74, 6) is -1.30. The van der Waals surface area contributed by atoms with Crippen LogP contribution in [-0.2, 0) is 17.6 Å². The zero-order valence-electron chi connectivity index (χ0n) is 38.4. The number of ketones is 1. The molecule has 13 heteroatoms. The maximum atomic E-state index is 15.2. The van der Waals surface area contributed by atoms with Gasteiger partial charge in [0.15, 0.2) is 0 Å². The first-order valence-electron chi connectivity index (χ1n) is 23.3. The molecule has 2 N–H and O–H groups in total. The van der Waals surface area contributed by atoms with E-state index in [1.165, 1.54) is 36.4 Å². The maximum absolute atomic E-state index is 15.2. The van der Waals surface area contributed by atoms with Crippen LogP contribution in [-0.4, -0.2) is 88.1 Å². The second kappa shape index (κ2) is 27.6. The topological polar surface area (TPSA) is 169 Å². The molecule has 0 heterocycles. The summed E-state index contributed by atoms with van der Waals surface area (Å²) in [5, 5.41) is 45.5. The molecule has 0 aliphatic heterocycles. The largest absolute Gasteiger partial charge is 0.508 e. The highest BCUT2D eigenvalue weighted by Gasteiger charge is 2.32. The number of aromatic hydroxyl groups is 2. The van der Waals surface area contributed by atoms with E-state index in [2.05, 4.69) is 37.5 Å². The number of carbonyl (C=O) groups excluding carboxylic acids is 1. The first kappa shape index (κ1) is 51.1. The van der Waals surface area contributed by atoms with E-state index in [0.717, 1.165) is 103 Å². The van der Waals surface area contributed by atoms with Crippen LogP contribution < -0.4 is 9.47 Å². The highest BCUT2D eigenvalue weighted by atomic mass is 16.6. The summed E-state index contributed by atoms with van der Waals surface area (Å²) >= 11 is 0. The van der Waals surface area contributed by atoms with E-state index < -0.39 is 21.7 Å². The fraction of sp³-hybridized carbons (Fsp3) is 0.510. The van der Waals surface area contributed by atoms with Gasteiger partial charge < -0.3 is 29.5 Å². The molecule has 0 spiro atoms. The predicted molar refractivity (Wildman–Crippen MR) is 253 cm³/mol. The number of hydrogen-bond acceptors (Lipinski definition) is 11. The molecule has 2 atom stereocenters. The van der Waals surface area contributed by atoms with Crippen molar-refractivity contribution in [3.63, 3.8) is 0 Å². The fourth-order valence-electron chi connectivity index (χ4n) is 7.89. The van der Waals surface area contributed by atoms with E-state index in [9.17, 15) is 30.4 Å². The standard InChI is InChI=1S/C51H70N4O9/c1-5-9-27-52(28-10-6-2)31-13-33-63-45-21-15-39(16-22-45)47(37-41-35-43(54(59)60)19-25-49(41)56)51(58)48(38-42-36-44(55(61)62)20-26-50(42)57)40-17-23-46(24-18-40)64-34-14-32-53(29-11-7-3)30-12-8-4/h15-26,35-36,47-48,56-57H,5-14,27-34,37-38H2,1-4H3. The van der Waals surface area contributed by atoms with Crippen molar-refractivity contribution in [2.75, 3.05) is 52.5 Å². The van der Waals surface area contributed by atoms with Gasteiger partial charge in [0.2, 0.25) is 0 Å². The van der Waals surface area contributed by atoms with Crippen LogP contribution in [0.5, 0.6) is 23.0 Å². The average Bonchev–Trinajstić information content (AvgIpc) is 3.30. The van der Waals surface area contributed by atoms with Crippen molar-refractivity contribution in [2.45, 2.75) is 117 Å². The van der Waals surface area contributed by atoms with Crippen LogP contribution in [0.3, 0.4) is 0 Å². The van der Waals surface area contributed by atoms with Gasteiger partial charge in [-0.05, 0) is 125 Å². The fourth-order valence-corrected chi connectivity index (χ4v) is 7.89. The number of nitro groups is 2. The quantitative estimate of drug-likeness (QED) is 0.0272. The molecular weight excluding hydrogens is 813 g/mol. The van der Waals surface area contributed by atoms with Crippen LogP contribution in [0.1, 0.15) is 126 Å². The second-order valence-corrected chi connectivity index (χ2v) is 16.7. The summed E-state index contributed by atoms with van der Waals surface area (Å²) in [5.41, 5.74) is 1.16. The van der Waals surface area contributed by atoms with E-state index in [1.807, 2.05) is 0 Å². The molecule has 0 fully saturated rings. The summed E-state index contributed by atoms with van der Waals surface area (Å²) < 4.78 is 12.3. The highest BCUT2D eigenvalue weighted by molar-refractivity contribution is 5.92. The molecule has 13 nitrogen and oxygen atoms in total. The number of carbonyl (C=O) groups is 1. The Morgan fingerprint density at radius 2 is 0.859 bits per heavy atom. The van der Waals surface area contributed by atoms with Crippen LogP contribution in [0.15, 0.2) is 84.9 Å². The molecular formula is C51H70N4O9. The predicted octanol–water partition coefficient (Wildman–Crippen LogP) is 11.2. The lowest BCUT2D eigenvalue weighted by molar-refractivity contribution is -0.385. The van der Waals surface area contributed by atoms with Crippen molar-refractivity contribution in [1.82, 2.24) is 9.80 Å². The Bertz CT molecular complexity index is 1870. The molecule has 0 amide bonds. The molecule has 2 unspecified atom stereocenters. The van der Waals surface area contributed by atoms with E-state index in [0.29, 0.717) is 35.8 Å². The molecule has 0 saturated heterocycles. The van der Waals surface area contributed by atoms with Crippen molar-refractivity contribution < 1.29 is 34.3 Å². The molecule has 4 rings (SSSR count). The lowest BCUT2D eigenvalue weighted by atomic mass is 9.78. The number of nitro benzene ring substituents is 2. The van der Waals surface area contributed by atoms with Gasteiger partial charge in [0.05, 0.1) is 23.1 Å². The van der Waals surface area contributed by atoms with E-state index >= 15 is 4.79 Å². The monoisotopic (exact) mass is 883 g/mol. The van der Waals surface area contributed by atoms with Gasteiger partial charge >= 0.3 is 0 Å². The van der Waals surface area contributed by atoms with Gasteiger partial charge in [-0.15, -0.1) is 0 Å². The summed E-state index contributed by atoms with van der Waals surface area (Å²) in [4.78, 5) is 42.7. The number of hydrogen-bond donors (Lipinski definition) is 2. The van der Waals surface area contributed by atoms with Gasteiger partial charge in [0.25, 0.3) is 11.4 Å². The number of unbranched alkanes of at least 4 members (excludes halogenated alkanes) is 4. The number of rotatable bonds is 32. The van der Waals surface area contributed by atoms with E-state index in [1.54, 1.807) is 48.5 Å². The maximum Gasteiger partial charge on any atom is 0.269 e. The smallest absolute Gasteiger partial charge is 0.269 e. The number of phenols is 2. The normalized spacial score (nSPS) is 12.3. The first-order valence-corrected chi connectivity index (χ1v) is 23.3. The summed E-state index contributed by atoms with van der Waals surface area (Å²) in [7, 11) is 0. The Morgan fingerprint density at radius 3 is 1.17 bits per heavy atom. The molecule has 4 aromatic rings. The van der Waals surface area contributed by atoms with Crippen molar-refractivity contribution in [1.29, 1.82) is 0 Å². The van der Waals surface area contributed by atoms with Gasteiger partial charge in [-0.3, -0.25) is 25.0 Å². The number of non-ortho nitro benzene ring substituents is 2. The van der Waals surface area contributed by atoms with Crippen LogP contribution >= 0.6 is 0 Å². The minimum Gasteiger partial charge on any atom is -0.508 e. The van der Waals surface area contributed by atoms with Gasteiger partial charge in [0.1, 0.15) is 28.8 Å². The third-order valence-electron chi connectivity index (χ3n) is 11.7. The van der Waals surface area contributed by atoms with E-state index in [-0.39, 0.29) is 52.6 Å². The van der Waals surface area contributed by atoms with Gasteiger partial charge in [0, 0.05) is 60.3 Å². The Labute approximate surface area is 379 Å². The summed E-state index contributed by atoms with van der Waals surface area (Å²) in [6, 6.07) is 21.9.